The van der Waals surface area contributed by atoms with E-state index in [1.165, 1.54) is 24.7 Å². The molecule has 0 spiro atoms. The Morgan fingerprint density at radius 2 is 2.05 bits per heavy atom. The van der Waals surface area contributed by atoms with E-state index in [4.69, 9.17) is 10.2 Å². The number of carbonyl (C=O) groups is 2. The van der Waals surface area contributed by atoms with Gasteiger partial charge in [0, 0.05) is 13.2 Å². The summed E-state index contributed by atoms with van der Waals surface area (Å²) < 4.78 is 23.7. The largest absolute Gasteiger partial charge is 0.480 e. The first kappa shape index (κ1) is 16.2. The van der Waals surface area contributed by atoms with E-state index in [-0.39, 0.29) is 17.0 Å². The van der Waals surface area contributed by atoms with Crippen LogP contribution in [0, 0.1) is 0 Å². The number of sulfonamides is 1. The van der Waals surface area contributed by atoms with Crippen LogP contribution < -0.4 is 10.5 Å². The second kappa shape index (κ2) is 5.25. The van der Waals surface area contributed by atoms with Gasteiger partial charge in [-0.05, 0) is 19.4 Å². The molecule has 4 N–H and O–H groups in total. The molecule has 1 heterocycles. The highest BCUT2D eigenvalue weighted by molar-refractivity contribution is 7.89. The molecule has 0 bridgehead atoms. The summed E-state index contributed by atoms with van der Waals surface area (Å²) in [5, 5.41) is 16.4. The topological polar surface area (TPSA) is 131 Å². The van der Waals surface area contributed by atoms with Crippen molar-refractivity contribution in [2.45, 2.75) is 30.7 Å². The Kier molecular flexibility index (Phi) is 4.25. The molecule has 1 rings (SSSR count). The maximum atomic E-state index is 12.1. The summed E-state index contributed by atoms with van der Waals surface area (Å²) in [4.78, 5) is 23.0. The summed E-state index contributed by atoms with van der Waals surface area (Å²) in [6.07, 6.45) is 1.37. The Hall–Kier alpha value is -1.87. The lowest BCUT2D eigenvalue weighted by Crippen LogP contribution is -2.52. The number of aromatic nitrogens is 1. The van der Waals surface area contributed by atoms with E-state index < -0.39 is 27.4 Å². The van der Waals surface area contributed by atoms with Crippen molar-refractivity contribution < 1.29 is 23.1 Å². The number of nitrogens with one attached hydrogen (secondary N) is 1. The van der Waals surface area contributed by atoms with Crippen molar-refractivity contribution >= 4 is 21.9 Å². The first-order chi connectivity index (χ1) is 9.01. The first-order valence-electron chi connectivity index (χ1n) is 5.76. The molecule has 112 valence electrons. The number of carboxylic acids is 1. The van der Waals surface area contributed by atoms with Gasteiger partial charge in [-0.1, -0.05) is 6.92 Å². The highest BCUT2D eigenvalue weighted by atomic mass is 32.2. The van der Waals surface area contributed by atoms with E-state index >= 15 is 0 Å². The second-order valence-electron chi connectivity index (χ2n) is 4.66. The molecule has 1 unspecified atom stereocenters. The van der Waals surface area contributed by atoms with Crippen molar-refractivity contribution in [3.63, 3.8) is 0 Å². The van der Waals surface area contributed by atoms with Crippen LogP contribution in [0.25, 0.3) is 0 Å². The minimum Gasteiger partial charge on any atom is -0.480 e. The third-order valence-electron chi connectivity index (χ3n) is 3.11. The lowest BCUT2D eigenvalue weighted by Gasteiger charge is -2.24. The Bertz CT molecular complexity index is 649. The van der Waals surface area contributed by atoms with Crippen molar-refractivity contribution in [2.75, 3.05) is 0 Å². The Morgan fingerprint density at radius 1 is 1.50 bits per heavy atom. The van der Waals surface area contributed by atoms with Crippen molar-refractivity contribution in [1.29, 1.82) is 0 Å². The molecule has 1 atom stereocenters. The number of aliphatic carboxylic acids is 1. The van der Waals surface area contributed by atoms with Crippen LogP contribution in [0.5, 0.6) is 0 Å². The van der Waals surface area contributed by atoms with Crippen molar-refractivity contribution in [3.05, 3.63) is 18.0 Å². The van der Waals surface area contributed by atoms with Crippen molar-refractivity contribution in [2.24, 2.45) is 12.2 Å². The average molecular weight is 303 g/mol. The maximum absolute atomic E-state index is 12.1. The van der Waals surface area contributed by atoms with Crippen LogP contribution in [0.15, 0.2) is 17.2 Å². The maximum Gasteiger partial charge on any atom is 0.329 e. The first-order valence-corrected chi connectivity index (χ1v) is 7.31. The molecule has 0 fully saturated rings. The predicted octanol–water partition coefficient (Wildman–Crippen LogP) is -0.344. The molecule has 0 aliphatic heterocycles. The van der Waals surface area contributed by atoms with Gasteiger partial charge in [-0.2, -0.15) is 0 Å². The quantitative estimate of drug-likeness (QED) is 0.684. The zero-order chi connectivity index (χ0) is 15.7. The van der Waals surface area contributed by atoms with E-state index in [0.29, 0.717) is 0 Å². The highest BCUT2D eigenvalue weighted by Crippen LogP contribution is 2.15. The summed E-state index contributed by atoms with van der Waals surface area (Å²) in [6.45, 7) is 2.99. The van der Waals surface area contributed by atoms with Gasteiger partial charge in [0.2, 0.25) is 10.0 Å². The van der Waals surface area contributed by atoms with Crippen LogP contribution >= 0.6 is 0 Å². The number of rotatable bonds is 5. The van der Waals surface area contributed by atoms with Crippen LogP contribution in [0.4, 0.5) is 0 Å². The summed E-state index contributed by atoms with van der Waals surface area (Å²) in [5.41, 5.74) is -1.42. The molecule has 9 heteroatoms. The minimum atomic E-state index is -3.92. The molecule has 8 nitrogen and oxygen atoms in total. The van der Waals surface area contributed by atoms with E-state index in [0.717, 1.165) is 6.07 Å². The highest BCUT2D eigenvalue weighted by Gasteiger charge is 2.33. The van der Waals surface area contributed by atoms with Crippen LogP contribution in [-0.4, -0.2) is 35.5 Å². The minimum absolute atomic E-state index is 0.00921. The number of carboxylic acid groups (broad SMARTS) is 1. The van der Waals surface area contributed by atoms with Crippen LogP contribution in [0.1, 0.15) is 30.8 Å². The lowest BCUT2D eigenvalue weighted by molar-refractivity contribution is -0.143. The van der Waals surface area contributed by atoms with Gasteiger partial charge in [0.1, 0.15) is 16.1 Å². The summed E-state index contributed by atoms with van der Waals surface area (Å²) in [5.74, 6) is -1.86. The zero-order valence-electron chi connectivity index (χ0n) is 11.4. The van der Waals surface area contributed by atoms with Gasteiger partial charge in [-0.25, -0.2) is 18.4 Å². The molecule has 0 saturated carbocycles. The molecule has 0 aliphatic rings. The Morgan fingerprint density at radius 3 is 2.40 bits per heavy atom. The molecule has 20 heavy (non-hydrogen) atoms. The molecule has 1 amide bonds. The number of amides is 1. The number of nitrogens with two attached hydrogens (primary N) is 1. The number of nitrogens with zero attached hydrogens (tertiary/aromatic N) is 1. The monoisotopic (exact) mass is 303 g/mol. The fraction of sp³-hybridized carbons (Fsp3) is 0.455. The number of primary sulfonamides is 1. The number of hydrogen-bond acceptors (Lipinski definition) is 4. The molecule has 0 aliphatic carbocycles. The van der Waals surface area contributed by atoms with E-state index in [1.807, 2.05) is 0 Å². The number of aryl methyl sites for hydroxylation is 1. The summed E-state index contributed by atoms with van der Waals surface area (Å²) in [6, 6.07) is 1.10. The SMILES string of the molecule is CCC(C)(NC(=O)c1cc(S(N)(=O)=O)cn1C)C(=O)O. The average Bonchev–Trinajstić information content (AvgIpc) is 2.70. The van der Waals surface area contributed by atoms with Crippen molar-refractivity contribution in [1.82, 2.24) is 9.88 Å². The fourth-order valence-electron chi connectivity index (χ4n) is 1.52. The smallest absolute Gasteiger partial charge is 0.329 e. The Labute approximate surface area is 116 Å². The van der Waals surface area contributed by atoms with Gasteiger partial charge in [0.05, 0.1) is 0 Å². The molecule has 0 saturated heterocycles. The fourth-order valence-corrected chi connectivity index (χ4v) is 2.10. The number of hydrogen-bond donors (Lipinski definition) is 3. The lowest BCUT2D eigenvalue weighted by atomic mass is 9.99. The summed E-state index contributed by atoms with van der Waals surface area (Å²) >= 11 is 0. The molecular weight excluding hydrogens is 286 g/mol. The van der Waals surface area contributed by atoms with Gasteiger partial charge in [-0.3, -0.25) is 4.79 Å². The molecule has 1 aromatic heterocycles. The van der Waals surface area contributed by atoms with Gasteiger partial charge in [-0.15, -0.1) is 0 Å². The van der Waals surface area contributed by atoms with Gasteiger partial charge in [0.25, 0.3) is 5.91 Å². The van der Waals surface area contributed by atoms with Gasteiger partial charge < -0.3 is 15.0 Å². The van der Waals surface area contributed by atoms with Crippen LogP contribution in [0.2, 0.25) is 0 Å². The molecule has 1 aromatic rings. The zero-order valence-corrected chi connectivity index (χ0v) is 12.2. The number of carbonyl (C=O) groups excluding carboxylic acids is 1. The van der Waals surface area contributed by atoms with Crippen LogP contribution in [0.3, 0.4) is 0 Å². The van der Waals surface area contributed by atoms with Crippen molar-refractivity contribution in [3.8, 4) is 0 Å². The third-order valence-corrected chi connectivity index (χ3v) is 3.99. The summed E-state index contributed by atoms with van der Waals surface area (Å²) in [7, 11) is -2.45. The standard InChI is InChI=1S/C11H17N3O5S/c1-4-11(2,10(16)17)13-9(15)8-5-7(6-14(8)3)20(12,18)19/h5-6H,4H2,1-3H3,(H,13,15)(H,16,17)(H2,12,18,19). The second-order valence-corrected chi connectivity index (χ2v) is 6.22. The normalized spacial score (nSPS) is 14.6. The van der Waals surface area contributed by atoms with Gasteiger partial charge >= 0.3 is 5.97 Å². The van der Waals surface area contributed by atoms with Gasteiger partial charge in [0.15, 0.2) is 0 Å². The Balaban J connectivity index is 3.11. The molecule has 0 radical (unpaired) electrons. The van der Waals surface area contributed by atoms with E-state index in [1.54, 1.807) is 6.92 Å². The molecule has 0 aromatic carbocycles. The van der Waals surface area contributed by atoms with E-state index in [9.17, 15) is 18.0 Å². The molecular formula is C11H17N3O5S. The van der Waals surface area contributed by atoms with E-state index in [2.05, 4.69) is 5.32 Å². The third kappa shape index (κ3) is 3.17. The van der Waals surface area contributed by atoms with Crippen LogP contribution in [-0.2, 0) is 21.9 Å². The predicted molar refractivity (Wildman–Crippen MR) is 70.6 cm³/mol.